The molecule has 0 radical (unpaired) electrons. The Balaban J connectivity index is 2.01. The molecular weight excluding hydrogens is 280 g/mol. The molecule has 0 saturated carbocycles. The Kier molecular flexibility index (Phi) is 3.16. The molecule has 2 N–H and O–H groups in total. The van der Waals surface area contributed by atoms with E-state index >= 15 is 0 Å². The van der Waals surface area contributed by atoms with E-state index in [9.17, 15) is 0 Å². The van der Waals surface area contributed by atoms with Gasteiger partial charge >= 0.3 is 0 Å². The molecule has 0 amide bonds. The molecule has 1 unspecified atom stereocenters. The second-order valence-electron chi connectivity index (χ2n) is 4.52. The molecule has 3 aromatic heterocycles. The molecule has 4 nitrogen and oxygen atoms in total. The number of imidazole rings is 1. The Labute approximate surface area is 119 Å². The van der Waals surface area contributed by atoms with Crippen molar-refractivity contribution in [2.45, 2.75) is 19.4 Å². The highest BCUT2D eigenvalue weighted by Crippen LogP contribution is 2.25. The summed E-state index contributed by atoms with van der Waals surface area (Å²) < 4.78 is 1.96. The number of nitrogen functional groups attached to an aromatic ring is 1. The van der Waals surface area contributed by atoms with Gasteiger partial charge in [-0.3, -0.25) is 4.57 Å². The Hall–Kier alpha value is -1.59. The van der Waals surface area contributed by atoms with Crippen molar-refractivity contribution < 1.29 is 0 Å². The minimum atomic E-state index is 0.202. The summed E-state index contributed by atoms with van der Waals surface area (Å²) >= 11 is 7.62. The first-order valence-corrected chi connectivity index (χ1v) is 7.27. The van der Waals surface area contributed by atoms with Gasteiger partial charge in [0.25, 0.3) is 0 Å². The second kappa shape index (κ2) is 4.83. The zero-order chi connectivity index (χ0) is 13.4. The molecule has 0 aliphatic carbocycles. The summed E-state index contributed by atoms with van der Waals surface area (Å²) in [6, 6.07) is 4.11. The average Bonchev–Trinajstić information content (AvgIpc) is 2.95. The molecule has 0 aromatic carbocycles. The van der Waals surface area contributed by atoms with E-state index in [1.807, 2.05) is 4.57 Å². The first kappa shape index (κ1) is 12.4. The number of halogens is 1. The van der Waals surface area contributed by atoms with Crippen LogP contribution in [-0.4, -0.2) is 14.5 Å². The summed E-state index contributed by atoms with van der Waals surface area (Å²) in [6.07, 6.45) is 2.53. The number of aromatic nitrogens is 3. The fraction of sp³-hybridized carbons (Fsp3) is 0.231. The summed E-state index contributed by atoms with van der Waals surface area (Å²) in [6.45, 7) is 2.12. The number of hydrogen-bond donors (Lipinski definition) is 1. The quantitative estimate of drug-likeness (QED) is 0.803. The van der Waals surface area contributed by atoms with Crippen molar-refractivity contribution in [2.24, 2.45) is 0 Å². The fourth-order valence-corrected chi connectivity index (χ4v) is 3.08. The minimum absolute atomic E-state index is 0.202. The monoisotopic (exact) mass is 292 g/mol. The normalized spacial score (nSPS) is 12.9. The van der Waals surface area contributed by atoms with Crippen molar-refractivity contribution >= 4 is 40.0 Å². The van der Waals surface area contributed by atoms with Crippen molar-refractivity contribution in [1.29, 1.82) is 0 Å². The third-order valence-electron chi connectivity index (χ3n) is 3.08. The molecule has 0 fully saturated rings. The van der Waals surface area contributed by atoms with Gasteiger partial charge in [0.2, 0.25) is 5.95 Å². The second-order valence-corrected chi connectivity index (χ2v) is 5.74. The van der Waals surface area contributed by atoms with Crippen molar-refractivity contribution in [3.05, 3.63) is 39.7 Å². The molecule has 6 heteroatoms. The van der Waals surface area contributed by atoms with Crippen LogP contribution in [0.15, 0.2) is 29.1 Å². The molecule has 0 aliphatic heterocycles. The number of nitrogens with two attached hydrogens (primary N) is 1. The zero-order valence-corrected chi connectivity index (χ0v) is 11.9. The van der Waals surface area contributed by atoms with Crippen LogP contribution in [-0.2, 0) is 6.42 Å². The van der Waals surface area contributed by atoms with Gasteiger partial charge < -0.3 is 5.73 Å². The van der Waals surface area contributed by atoms with E-state index in [4.69, 9.17) is 17.3 Å². The van der Waals surface area contributed by atoms with Crippen LogP contribution in [0.2, 0.25) is 5.02 Å². The van der Waals surface area contributed by atoms with E-state index < -0.39 is 0 Å². The molecule has 0 spiro atoms. The van der Waals surface area contributed by atoms with Gasteiger partial charge in [0.05, 0.1) is 5.02 Å². The van der Waals surface area contributed by atoms with Crippen molar-refractivity contribution in [1.82, 2.24) is 14.5 Å². The Bertz CT molecular complexity index is 705. The topological polar surface area (TPSA) is 56.7 Å². The van der Waals surface area contributed by atoms with Crippen molar-refractivity contribution in [3.8, 4) is 0 Å². The van der Waals surface area contributed by atoms with Gasteiger partial charge in [-0.1, -0.05) is 11.6 Å². The van der Waals surface area contributed by atoms with E-state index in [1.165, 1.54) is 5.56 Å². The third kappa shape index (κ3) is 2.31. The lowest BCUT2D eigenvalue weighted by molar-refractivity contribution is 0.564. The number of hydrogen-bond acceptors (Lipinski definition) is 4. The first-order chi connectivity index (χ1) is 9.15. The molecule has 0 saturated heterocycles. The SMILES string of the molecule is CC(Cc1ccsc1)n1c(N)nc2cc(Cl)cnc21. The summed E-state index contributed by atoms with van der Waals surface area (Å²) in [5.74, 6) is 0.479. The van der Waals surface area contributed by atoms with Crippen LogP contribution in [0, 0.1) is 0 Å². The lowest BCUT2D eigenvalue weighted by Gasteiger charge is -2.14. The van der Waals surface area contributed by atoms with Gasteiger partial charge in [0, 0.05) is 12.2 Å². The van der Waals surface area contributed by atoms with E-state index in [-0.39, 0.29) is 6.04 Å². The van der Waals surface area contributed by atoms with Crippen LogP contribution in [0.3, 0.4) is 0 Å². The molecule has 0 aliphatic rings. The number of thiophene rings is 1. The van der Waals surface area contributed by atoms with E-state index in [2.05, 4.69) is 33.7 Å². The van der Waals surface area contributed by atoms with Gasteiger partial charge in [0.1, 0.15) is 5.52 Å². The van der Waals surface area contributed by atoms with Crippen LogP contribution in [0.25, 0.3) is 11.2 Å². The Morgan fingerprint density at radius 2 is 2.37 bits per heavy atom. The Morgan fingerprint density at radius 3 is 3.11 bits per heavy atom. The highest BCUT2D eigenvalue weighted by atomic mass is 35.5. The third-order valence-corrected chi connectivity index (χ3v) is 4.01. The number of rotatable bonds is 3. The summed E-state index contributed by atoms with van der Waals surface area (Å²) in [4.78, 5) is 8.66. The molecular formula is C13H13ClN4S. The molecule has 3 heterocycles. The summed E-state index contributed by atoms with van der Waals surface area (Å²) in [5, 5.41) is 4.80. The molecule has 3 rings (SSSR count). The lowest BCUT2D eigenvalue weighted by atomic mass is 10.1. The van der Waals surface area contributed by atoms with Crippen LogP contribution in [0.4, 0.5) is 5.95 Å². The van der Waals surface area contributed by atoms with Gasteiger partial charge in [-0.05, 0) is 41.8 Å². The summed E-state index contributed by atoms with van der Waals surface area (Å²) in [5.41, 5.74) is 8.82. The number of fused-ring (bicyclic) bond motifs is 1. The van der Waals surface area contributed by atoms with E-state index in [0.717, 1.165) is 17.6 Å². The van der Waals surface area contributed by atoms with Crippen molar-refractivity contribution in [2.75, 3.05) is 5.73 Å². The zero-order valence-electron chi connectivity index (χ0n) is 10.4. The maximum absolute atomic E-state index is 6.00. The Morgan fingerprint density at radius 1 is 1.53 bits per heavy atom. The van der Waals surface area contributed by atoms with E-state index in [1.54, 1.807) is 23.6 Å². The maximum Gasteiger partial charge on any atom is 0.202 e. The highest BCUT2D eigenvalue weighted by Gasteiger charge is 2.16. The highest BCUT2D eigenvalue weighted by molar-refractivity contribution is 7.07. The molecule has 98 valence electrons. The van der Waals surface area contributed by atoms with Gasteiger partial charge in [-0.2, -0.15) is 11.3 Å². The van der Waals surface area contributed by atoms with Gasteiger partial charge in [-0.15, -0.1) is 0 Å². The fourth-order valence-electron chi connectivity index (χ4n) is 2.25. The van der Waals surface area contributed by atoms with Crippen LogP contribution in [0.1, 0.15) is 18.5 Å². The maximum atomic E-state index is 6.00. The number of pyridine rings is 1. The van der Waals surface area contributed by atoms with E-state index in [0.29, 0.717) is 11.0 Å². The smallest absolute Gasteiger partial charge is 0.202 e. The molecule has 19 heavy (non-hydrogen) atoms. The predicted molar refractivity (Wildman–Crippen MR) is 79.7 cm³/mol. The minimum Gasteiger partial charge on any atom is -0.369 e. The van der Waals surface area contributed by atoms with Crippen LogP contribution in [0.5, 0.6) is 0 Å². The average molecular weight is 293 g/mol. The van der Waals surface area contributed by atoms with Crippen LogP contribution >= 0.6 is 22.9 Å². The lowest BCUT2D eigenvalue weighted by Crippen LogP contribution is -2.11. The predicted octanol–water partition coefficient (Wildman–Crippen LogP) is 3.53. The summed E-state index contributed by atoms with van der Waals surface area (Å²) in [7, 11) is 0. The van der Waals surface area contributed by atoms with Gasteiger partial charge in [-0.25, -0.2) is 9.97 Å². The van der Waals surface area contributed by atoms with Gasteiger partial charge in [0.15, 0.2) is 5.65 Å². The molecule has 1 atom stereocenters. The number of nitrogens with zero attached hydrogens (tertiary/aromatic N) is 3. The standard InChI is InChI=1S/C13H13ClN4S/c1-8(4-9-2-3-19-7-9)18-12-11(17-13(18)15)5-10(14)6-16-12/h2-3,5-8H,4H2,1H3,(H2,15,17). The van der Waals surface area contributed by atoms with Crippen molar-refractivity contribution in [3.63, 3.8) is 0 Å². The first-order valence-electron chi connectivity index (χ1n) is 5.95. The largest absolute Gasteiger partial charge is 0.369 e. The number of anilines is 1. The van der Waals surface area contributed by atoms with Crippen LogP contribution < -0.4 is 5.73 Å². The molecule has 0 bridgehead atoms. The molecule has 3 aromatic rings.